The number of benzene rings is 1. The summed E-state index contributed by atoms with van der Waals surface area (Å²) < 4.78 is 12.7. The zero-order chi connectivity index (χ0) is 22.5. The summed E-state index contributed by atoms with van der Waals surface area (Å²) in [5.41, 5.74) is 6.12. The number of carbonyl (C=O) groups is 2. The molecule has 164 valence electrons. The van der Waals surface area contributed by atoms with Gasteiger partial charge in [0.15, 0.2) is 17.2 Å². The zero-order valence-corrected chi connectivity index (χ0v) is 18.8. The number of hydrogen-bond donors (Lipinski definition) is 2. The van der Waals surface area contributed by atoms with Gasteiger partial charge in [0.05, 0.1) is 19.3 Å². The summed E-state index contributed by atoms with van der Waals surface area (Å²) >= 11 is 0. The molecule has 2 N–H and O–H groups in total. The van der Waals surface area contributed by atoms with Crippen LogP contribution in [0.25, 0.3) is 0 Å². The summed E-state index contributed by atoms with van der Waals surface area (Å²) in [5, 5.41) is 4.44. The summed E-state index contributed by atoms with van der Waals surface area (Å²) in [6, 6.07) is 6.60. The molecular formula is C22H32N4O4. The number of amides is 2. The monoisotopic (exact) mass is 416 g/mol. The highest BCUT2D eigenvalue weighted by Gasteiger charge is 2.24. The van der Waals surface area contributed by atoms with E-state index in [-0.39, 0.29) is 17.2 Å². The molecule has 0 saturated heterocycles. The molecule has 2 aromatic rings. The lowest BCUT2D eigenvalue weighted by molar-refractivity contribution is 0.0842. The predicted molar refractivity (Wildman–Crippen MR) is 115 cm³/mol. The van der Waals surface area contributed by atoms with Crippen molar-refractivity contribution in [2.45, 2.75) is 59.4 Å². The number of ether oxygens (including phenoxy) is 2. The first-order valence-corrected chi connectivity index (χ1v) is 10.1. The van der Waals surface area contributed by atoms with Crippen LogP contribution in [0.4, 0.5) is 0 Å². The van der Waals surface area contributed by atoms with Crippen molar-refractivity contribution in [3.05, 3.63) is 41.2 Å². The minimum Gasteiger partial charge on any atom is -0.493 e. The Morgan fingerprint density at radius 1 is 1.10 bits per heavy atom. The molecule has 0 unspecified atom stereocenters. The van der Waals surface area contributed by atoms with Crippen molar-refractivity contribution >= 4 is 11.8 Å². The topological polar surface area (TPSA) is 94.5 Å². The highest BCUT2D eigenvalue weighted by Crippen LogP contribution is 2.28. The molecule has 0 aliphatic heterocycles. The summed E-state index contributed by atoms with van der Waals surface area (Å²) in [7, 11) is 1.51. The molecule has 8 nitrogen and oxygen atoms in total. The number of methoxy groups -OCH3 is 1. The normalized spacial score (nSPS) is 11.3. The maximum absolute atomic E-state index is 12.5. The second kappa shape index (κ2) is 9.65. The minimum atomic E-state index is -0.483. The summed E-state index contributed by atoms with van der Waals surface area (Å²) in [5.74, 6) is 0.265. The predicted octanol–water partition coefficient (Wildman–Crippen LogP) is 3.63. The molecule has 0 bridgehead atoms. The van der Waals surface area contributed by atoms with Crippen LogP contribution in [0.3, 0.4) is 0 Å². The third-order valence-corrected chi connectivity index (χ3v) is 4.37. The lowest BCUT2D eigenvalue weighted by Crippen LogP contribution is -2.42. The Morgan fingerprint density at radius 2 is 1.77 bits per heavy atom. The van der Waals surface area contributed by atoms with Crippen molar-refractivity contribution < 1.29 is 19.1 Å². The zero-order valence-electron chi connectivity index (χ0n) is 18.8. The Labute approximate surface area is 177 Å². The molecule has 0 fully saturated rings. The van der Waals surface area contributed by atoms with Gasteiger partial charge in [-0.3, -0.25) is 25.1 Å². The van der Waals surface area contributed by atoms with E-state index in [4.69, 9.17) is 9.47 Å². The van der Waals surface area contributed by atoms with Gasteiger partial charge < -0.3 is 9.47 Å². The third-order valence-electron chi connectivity index (χ3n) is 4.37. The van der Waals surface area contributed by atoms with Gasteiger partial charge in [-0.2, -0.15) is 5.10 Å². The molecule has 1 aromatic carbocycles. The first-order valence-electron chi connectivity index (χ1n) is 10.1. The number of rotatable bonds is 7. The highest BCUT2D eigenvalue weighted by molar-refractivity contribution is 5.98. The van der Waals surface area contributed by atoms with Gasteiger partial charge in [-0.1, -0.05) is 20.8 Å². The number of hydrogen-bond acceptors (Lipinski definition) is 5. The second-order valence-corrected chi connectivity index (χ2v) is 8.31. The van der Waals surface area contributed by atoms with Crippen LogP contribution in [0.15, 0.2) is 24.3 Å². The van der Waals surface area contributed by atoms with E-state index in [0.717, 1.165) is 12.1 Å². The molecule has 0 aliphatic rings. The van der Waals surface area contributed by atoms with E-state index in [9.17, 15) is 9.59 Å². The fraction of sp³-hybridized carbons (Fsp3) is 0.500. The fourth-order valence-electron chi connectivity index (χ4n) is 2.84. The molecule has 2 amide bonds. The van der Waals surface area contributed by atoms with E-state index >= 15 is 0 Å². The molecule has 2 rings (SSSR count). The van der Waals surface area contributed by atoms with E-state index in [1.54, 1.807) is 24.3 Å². The van der Waals surface area contributed by atoms with E-state index in [1.165, 1.54) is 7.11 Å². The van der Waals surface area contributed by atoms with Crippen LogP contribution < -0.4 is 20.3 Å². The van der Waals surface area contributed by atoms with Crippen LogP contribution in [0.5, 0.6) is 11.5 Å². The van der Waals surface area contributed by atoms with Gasteiger partial charge >= 0.3 is 0 Å². The van der Waals surface area contributed by atoms with Crippen LogP contribution in [-0.4, -0.2) is 35.3 Å². The van der Waals surface area contributed by atoms with Crippen molar-refractivity contribution in [2.24, 2.45) is 0 Å². The third kappa shape index (κ3) is 5.52. The number of nitrogens with zero attached hydrogens (tertiary/aromatic N) is 2. The Balaban J connectivity index is 2.10. The summed E-state index contributed by atoms with van der Waals surface area (Å²) in [6.07, 6.45) is 0.862. The maximum atomic E-state index is 12.5. The standard InChI is InChI=1S/C22H32N4O4/c1-8-11-30-18-10-9-15(12-19(18)29-7)20(27)23-24-21(28)16-13-17(14(2)3)26(25-16)22(4,5)6/h9-10,12-14H,8,11H2,1-7H3,(H,23,27)(H,24,28). The average molecular weight is 417 g/mol. The Kier molecular flexibility index (Phi) is 7.48. The largest absolute Gasteiger partial charge is 0.493 e. The Hall–Kier alpha value is -3.03. The lowest BCUT2D eigenvalue weighted by Gasteiger charge is -2.23. The van der Waals surface area contributed by atoms with Crippen molar-refractivity contribution in [3.63, 3.8) is 0 Å². The number of nitrogens with one attached hydrogen (secondary N) is 2. The van der Waals surface area contributed by atoms with Crippen molar-refractivity contribution in [1.82, 2.24) is 20.6 Å². The average Bonchev–Trinajstić information content (AvgIpc) is 3.16. The van der Waals surface area contributed by atoms with E-state index < -0.39 is 11.8 Å². The van der Waals surface area contributed by atoms with Gasteiger partial charge in [0.25, 0.3) is 11.8 Å². The molecule has 0 radical (unpaired) electrons. The molecule has 30 heavy (non-hydrogen) atoms. The number of aromatic nitrogens is 2. The van der Waals surface area contributed by atoms with Gasteiger partial charge in [-0.15, -0.1) is 0 Å². The molecule has 1 aromatic heterocycles. The van der Waals surface area contributed by atoms with Crippen LogP contribution in [-0.2, 0) is 5.54 Å². The van der Waals surface area contributed by atoms with Gasteiger partial charge in [0.2, 0.25) is 0 Å². The summed E-state index contributed by atoms with van der Waals surface area (Å²) in [6.45, 7) is 12.7. The molecular weight excluding hydrogens is 384 g/mol. The summed E-state index contributed by atoms with van der Waals surface area (Å²) in [4.78, 5) is 25.0. The maximum Gasteiger partial charge on any atom is 0.290 e. The van der Waals surface area contributed by atoms with Gasteiger partial charge in [0.1, 0.15) is 0 Å². The molecule has 8 heteroatoms. The van der Waals surface area contributed by atoms with Gasteiger partial charge in [-0.25, -0.2) is 0 Å². The first-order chi connectivity index (χ1) is 14.1. The molecule has 0 aliphatic carbocycles. The van der Waals surface area contributed by atoms with E-state index in [0.29, 0.717) is 23.7 Å². The van der Waals surface area contributed by atoms with Crippen LogP contribution in [0.2, 0.25) is 0 Å². The molecule has 0 spiro atoms. The smallest absolute Gasteiger partial charge is 0.290 e. The Bertz CT molecular complexity index is 897. The number of carbonyl (C=O) groups excluding carboxylic acids is 2. The van der Waals surface area contributed by atoms with Crippen molar-refractivity contribution in [2.75, 3.05) is 13.7 Å². The molecule has 0 saturated carbocycles. The Morgan fingerprint density at radius 3 is 2.30 bits per heavy atom. The fourth-order valence-corrected chi connectivity index (χ4v) is 2.84. The first kappa shape index (κ1) is 23.3. The second-order valence-electron chi connectivity index (χ2n) is 8.31. The lowest BCUT2D eigenvalue weighted by atomic mass is 10.1. The highest BCUT2D eigenvalue weighted by atomic mass is 16.5. The quantitative estimate of drug-likeness (QED) is 0.672. The van der Waals surface area contributed by atoms with Crippen molar-refractivity contribution in [1.29, 1.82) is 0 Å². The van der Waals surface area contributed by atoms with E-state index in [1.807, 2.05) is 46.2 Å². The minimum absolute atomic E-state index is 0.203. The van der Waals surface area contributed by atoms with Crippen LogP contribution in [0.1, 0.15) is 80.4 Å². The number of hydrazine groups is 1. The van der Waals surface area contributed by atoms with Crippen LogP contribution in [0, 0.1) is 0 Å². The van der Waals surface area contributed by atoms with Gasteiger partial charge in [-0.05, 0) is 57.4 Å². The van der Waals surface area contributed by atoms with Gasteiger partial charge in [0, 0.05) is 11.3 Å². The van der Waals surface area contributed by atoms with Crippen LogP contribution >= 0.6 is 0 Å². The van der Waals surface area contributed by atoms with Crippen molar-refractivity contribution in [3.8, 4) is 11.5 Å². The molecule has 0 atom stereocenters. The SMILES string of the molecule is CCCOc1ccc(C(=O)NNC(=O)c2cc(C(C)C)n(C(C)(C)C)n2)cc1OC. The molecule has 1 heterocycles. The van der Waals surface area contributed by atoms with E-state index in [2.05, 4.69) is 16.0 Å².